The van der Waals surface area contributed by atoms with E-state index in [4.69, 9.17) is 4.74 Å². The summed E-state index contributed by atoms with van der Waals surface area (Å²) in [6.07, 6.45) is 0. The number of ether oxygens (including phenoxy) is 1. The van der Waals surface area contributed by atoms with Crippen molar-refractivity contribution in [3.8, 4) is 5.75 Å². The van der Waals surface area contributed by atoms with E-state index in [0.717, 1.165) is 15.6 Å². The number of hydrogen-bond acceptors (Lipinski definition) is 1. The van der Waals surface area contributed by atoms with E-state index in [-0.39, 0.29) is 0 Å². The third-order valence-corrected chi connectivity index (χ3v) is 4.49. The molecular formula is C8H7Br2IO. The third-order valence-electron chi connectivity index (χ3n) is 1.43. The molecule has 66 valence electrons. The van der Waals surface area contributed by atoms with Gasteiger partial charge in [-0.15, -0.1) is 0 Å². The maximum absolute atomic E-state index is 5.20. The molecule has 4 heteroatoms. The van der Waals surface area contributed by atoms with Crippen molar-refractivity contribution >= 4 is 54.5 Å². The zero-order chi connectivity index (χ0) is 9.14. The second-order valence-electron chi connectivity index (χ2n) is 2.23. The highest BCUT2D eigenvalue weighted by Gasteiger charge is 2.05. The largest absolute Gasteiger partial charge is 0.496 e. The predicted molar refractivity (Wildman–Crippen MR) is 66.0 cm³/mol. The van der Waals surface area contributed by atoms with Crippen LogP contribution in [-0.4, -0.2) is 7.11 Å². The molecule has 0 aliphatic rings. The lowest BCUT2D eigenvalue weighted by Crippen LogP contribution is -1.89. The summed E-state index contributed by atoms with van der Waals surface area (Å²) < 4.78 is 7.39. The van der Waals surface area contributed by atoms with Crippen LogP contribution in [0.4, 0.5) is 0 Å². The molecule has 1 aromatic rings. The van der Waals surface area contributed by atoms with Crippen molar-refractivity contribution in [1.29, 1.82) is 0 Å². The van der Waals surface area contributed by atoms with Crippen LogP contribution in [0.25, 0.3) is 0 Å². The fourth-order valence-electron chi connectivity index (χ4n) is 0.843. The Bertz CT molecular complexity index is 289. The average molecular weight is 406 g/mol. The van der Waals surface area contributed by atoms with Crippen molar-refractivity contribution in [3.05, 3.63) is 25.7 Å². The molecule has 0 atom stereocenters. The normalized spacial score (nSPS) is 10.0. The average Bonchev–Trinajstić information content (AvgIpc) is 2.09. The molecule has 0 amide bonds. The molecule has 1 nitrogen and oxygen atoms in total. The minimum Gasteiger partial charge on any atom is -0.496 e. The van der Waals surface area contributed by atoms with Crippen molar-refractivity contribution in [2.24, 2.45) is 0 Å². The van der Waals surface area contributed by atoms with Crippen LogP contribution in [0.3, 0.4) is 0 Å². The smallest absolute Gasteiger partial charge is 0.134 e. The Hall–Kier alpha value is 0.710. The number of halogens is 3. The Balaban J connectivity index is 3.19. The molecular weight excluding hydrogens is 399 g/mol. The van der Waals surface area contributed by atoms with Gasteiger partial charge in [0.05, 0.1) is 11.6 Å². The van der Waals surface area contributed by atoms with Gasteiger partial charge in [0.1, 0.15) is 5.75 Å². The maximum atomic E-state index is 5.20. The van der Waals surface area contributed by atoms with Crippen LogP contribution in [-0.2, 0) is 5.33 Å². The summed E-state index contributed by atoms with van der Waals surface area (Å²) in [7, 11) is 1.67. The number of benzene rings is 1. The number of alkyl halides is 1. The number of methoxy groups -OCH3 is 1. The molecule has 0 bridgehead atoms. The monoisotopic (exact) mass is 404 g/mol. The van der Waals surface area contributed by atoms with E-state index in [2.05, 4.69) is 60.5 Å². The Labute approximate surface area is 102 Å². The molecule has 0 aliphatic heterocycles. The first-order valence-electron chi connectivity index (χ1n) is 3.27. The fraction of sp³-hybridized carbons (Fsp3) is 0.250. The van der Waals surface area contributed by atoms with Crippen LogP contribution in [0.15, 0.2) is 16.6 Å². The molecule has 12 heavy (non-hydrogen) atoms. The predicted octanol–water partition coefficient (Wildman–Crippen LogP) is 3.96. The molecule has 0 radical (unpaired) electrons. The van der Waals surface area contributed by atoms with Crippen LogP contribution in [0.5, 0.6) is 5.75 Å². The SMILES string of the molecule is COc1cc(CBr)cc(I)c1Br. The maximum Gasteiger partial charge on any atom is 0.134 e. The minimum atomic E-state index is 0.854. The van der Waals surface area contributed by atoms with Crippen molar-refractivity contribution in [3.63, 3.8) is 0 Å². The van der Waals surface area contributed by atoms with Crippen LogP contribution >= 0.6 is 54.5 Å². The van der Waals surface area contributed by atoms with Crippen molar-refractivity contribution in [2.75, 3.05) is 7.11 Å². The molecule has 0 fully saturated rings. The van der Waals surface area contributed by atoms with Gasteiger partial charge in [-0.1, -0.05) is 15.9 Å². The molecule has 0 heterocycles. The second-order valence-corrected chi connectivity index (χ2v) is 4.74. The Kier molecular flexibility index (Phi) is 4.32. The van der Waals surface area contributed by atoms with E-state index in [0.29, 0.717) is 0 Å². The topological polar surface area (TPSA) is 9.23 Å². The highest BCUT2D eigenvalue weighted by Crippen LogP contribution is 2.31. The van der Waals surface area contributed by atoms with Crippen LogP contribution in [0.1, 0.15) is 5.56 Å². The van der Waals surface area contributed by atoms with Gasteiger partial charge in [-0.05, 0) is 56.2 Å². The molecule has 0 N–H and O–H groups in total. The molecule has 1 rings (SSSR count). The van der Waals surface area contributed by atoms with E-state index < -0.39 is 0 Å². The van der Waals surface area contributed by atoms with Gasteiger partial charge in [0.15, 0.2) is 0 Å². The summed E-state index contributed by atoms with van der Waals surface area (Å²) >= 11 is 9.14. The Morgan fingerprint density at radius 3 is 2.67 bits per heavy atom. The zero-order valence-corrected chi connectivity index (χ0v) is 11.7. The third kappa shape index (κ3) is 2.35. The first kappa shape index (κ1) is 10.8. The summed E-state index contributed by atoms with van der Waals surface area (Å²) in [6, 6.07) is 4.13. The highest BCUT2D eigenvalue weighted by atomic mass is 127. The molecule has 0 aliphatic carbocycles. The lowest BCUT2D eigenvalue weighted by atomic mass is 10.2. The van der Waals surface area contributed by atoms with Crippen molar-refractivity contribution in [2.45, 2.75) is 5.33 Å². The molecule has 0 aromatic heterocycles. The number of hydrogen-bond donors (Lipinski definition) is 0. The number of rotatable bonds is 2. The molecule has 0 unspecified atom stereocenters. The Morgan fingerprint density at radius 2 is 2.17 bits per heavy atom. The van der Waals surface area contributed by atoms with E-state index in [1.165, 1.54) is 9.13 Å². The summed E-state index contributed by atoms with van der Waals surface area (Å²) in [6.45, 7) is 0. The second kappa shape index (κ2) is 4.81. The van der Waals surface area contributed by atoms with E-state index in [1.54, 1.807) is 7.11 Å². The summed E-state index contributed by atoms with van der Waals surface area (Å²) in [5.74, 6) is 0.886. The van der Waals surface area contributed by atoms with Gasteiger partial charge in [-0.2, -0.15) is 0 Å². The minimum absolute atomic E-state index is 0.854. The van der Waals surface area contributed by atoms with Gasteiger partial charge in [0.2, 0.25) is 0 Å². The van der Waals surface area contributed by atoms with Gasteiger partial charge in [-0.25, -0.2) is 0 Å². The lowest BCUT2D eigenvalue weighted by molar-refractivity contribution is 0.411. The summed E-state index contributed by atoms with van der Waals surface area (Å²) in [5.41, 5.74) is 1.22. The molecule has 0 saturated heterocycles. The molecule has 0 spiro atoms. The van der Waals surface area contributed by atoms with Gasteiger partial charge >= 0.3 is 0 Å². The van der Waals surface area contributed by atoms with Crippen molar-refractivity contribution < 1.29 is 4.74 Å². The van der Waals surface area contributed by atoms with Gasteiger partial charge < -0.3 is 4.74 Å². The first-order chi connectivity index (χ1) is 5.69. The van der Waals surface area contributed by atoms with Crippen LogP contribution in [0, 0.1) is 3.57 Å². The zero-order valence-electron chi connectivity index (χ0n) is 6.40. The standard InChI is InChI=1S/C8H7Br2IO/c1-12-7-3-5(4-9)2-6(11)8(7)10/h2-3H,4H2,1H3. The highest BCUT2D eigenvalue weighted by molar-refractivity contribution is 14.1. The van der Waals surface area contributed by atoms with Crippen LogP contribution < -0.4 is 4.74 Å². The lowest BCUT2D eigenvalue weighted by Gasteiger charge is -2.06. The molecule has 0 saturated carbocycles. The van der Waals surface area contributed by atoms with E-state index >= 15 is 0 Å². The van der Waals surface area contributed by atoms with Gasteiger partial charge in [-0.3, -0.25) is 0 Å². The van der Waals surface area contributed by atoms with Gasteiger partial charge in [0.25, 0.3) is 0 Å². The fourth-order valence-corrected chi connectivity index (χ4v) is 2.22. The van der Waals surface area contributed by atoms with Gasteiger partial charge in [0, 0.05) is 8.90 Å². The van der Waals surface area contributed by atoms with E-state index in [1.807, 2.05) is 6.07 Å². The van der Waals surface area contributed by atoms with Crippen molar-refractivity contribution in [1.82, 2.24) is 0 Å². The quantitative estimate of drug-likeness (QED) is 0.534. The first-order valence-corrected chi connectivity index (χ1v) is 6.26. The summed E-state index contributed by atoms with van der Waals surface area (Å²) in [5, 5.41) is 0.854. The van der Waals surface area contributed by atoms with Crippen LogP contribution in [0.2, 0.25) is 0 Å². The van der Waals surface area contributed by atoms with E-state index in [9.17, 15) is 0 Å². The summed E-state index contributed by atoms with van der Waals surface area (Å²) in [4.78, 5) is 0. The molecule has 1 aromatic carbocycles. The Morgan fingerprint density at radius 1 is 1.50 bits per heavy atom.